The molecule has 0 aliphatic carbocycles. The molecule has 0 heterocycles. The molecule has 0 bridgehead atoms. The van der Waals surface area contributed by atoms with Crippen molar-refractivity contribution in [2.24, 2.45) is 0 Å². The molecule has 2 nitrogen and oxygen atoms in total. The van der Waals surface area contributed by atoms with Gasteiger partial charge in [0.25, 0.3) is 0 Å². The Morgan fingerprint density at radius 1 is 1.16 bits per heavy atom. The standard InChI is InChI=1S/C11H11F6NO/c1-18-9(10(13,14)11(15,16)17)6-3-4-8(19-2)7(12)5-6/h3-5,9,18H,1-2H3. The van der Waals surface area contributed by atoms with Crippen molar-refractivity contribution >= 4 is 0 Å². The normalized spacial score (nSPS) is 14.3. The summed E-state index contributed by atoms with van der Waals surface area (Å²) in [5.41, 5.74) is -0.525. The highest BCUT2D eigenvalue weighted by Crippen LogP contribution is 2.44. The van der Waals surface area contributed by atoms with Gasteiger partial charge in [-0.3, -0.25) is 0 Å². The summed E-state index contributed by atoms with van der Waals surface area (Å²) in [6.07, 6.45) is -5.74. The molecule has 0 spiro atoms. The number of rotatable bonds is 4. The molecule has 0 saturated carbocycles. The van der Waals surface area contributed by atoms with Crippen LogP contribution in [-0.4, -0.2) is 26.3 Å². The Morgan fingerprint density at radius 2 is 1.74 bits per heavy atom. The summed E-state index contributed by atoms with van der Waals surface area (Å²) in [6.45, 7) is 0. The van der Waals surface area contributed by atoms with Crippen LogP contribution in [0, 0.1) is 5.82 Å². The van der Waals surface area contributed by atoms with E-state index in [-0.39, 0.29) is 5.75 Å². The van der Waals surface area contributed by atoms with Crippen LogP contribution in [0.1, 0.15) is 11.6 Å². The van der Waals surface area contributed by atoms with Gasteiger partial charge in [0.2, 0.25) is 0 Å². The fraction of sp³-hybridized carbons (Fsp3) is 0.455. The number of hydrogen-bond donors (Lipinski definition) is 1. The van der Waals surface area contributed by atoms with Gasteiger partial charge in [-0.25, -0.2) is 4.39 Å². The molecule has 1 aromatic rings. The molecule has 19 heavy (non-hydrogen) atoms. The maximum Gasteiger partial charge on any atom is 0.455 e. The zero-order valence-electron chi connectivity index (χ0n) is 9.99. The van der Waals surface area contributed by atoms with Crippen molar-refractivity contribution < 1.29 is 31.1 Å². The maximum atomic E-state index is 13.4. The predicted octanol–water partition coefficient (Wildman–Crippen LogP) is 3.29. The smallest absolute Gasteiger partial charge is 0.455 e. The number of ether oxygens (including phenoxy) is 1. The number of alkyl halides is 5. The number of nitrogens with one attached hydrogen (secondary N) is 1. The molecular weight excluding hydrogens is 276 g/mol. The second-order valence-corrected chi connectivity index (χ2v) is 3.74. The molecule has 8 heteroatoms. The van der Waals surface area contributed by atoms with Crippen LogP contribution in [0.4, 0.5) is 26.3 Å². The molecule has 1 aromatic carbocycles. The van der Waals surface area contributed by atoms with Crippen molar-refractivity contribution in [3.8, 4) is 5.75 Å². The van der Waals surface area contributed by atoms with Crippen LogP contribution in [-0.2, 0) is 0 Å². The molecule has 0 aromatic heterocycles. The minimum atomic E-state index is -5.74. The first kappa shape index (κ1) is 15.6. The lowest BCUT2D eigenvalue weighted by molar-refractivity contribution is -0.293. The first-order valence-electron chi connectivity index (χ1n) is 5.10. The number of hydrogen-bond acceptors (Lipinski definition) is 2. The van der Waals surface area contributed by atoms with Gasteiger partial charge in [-0.15, -0.1) is 0 Å². The Balaban J connectivity index is 3.21. The van der Waals surface area contributed by atoms with Gasteiger partial charge in [-0.05, 0) is 24.7 Å². The minimum Gasteiger partial charge on any atom is -0.494 e. The Hall–Kier alpha value is -1.44. The van der Waals surface area contributed by atoms with Gasteiger partial charge in [0, 0.05) is 0 Å². The molecule has 0 radical (unpaired) electrons. The average Bonchev–Trinajstić information content (AvgIpc) is 2.28. The molecular formula is C11H11F6NO. The number of halogens is 6. The Labute approximate surface area is 105 Å². The van der Waals surface area contributed by atoms with Crippen LogP contribution < -0.4 is 10.1 Å². The van der Waals surface area contributed by atoms with Gasteiger partial charge < -0.3 is 10.1 Å². The first-order chi connectivity index (χ1) is 8.65. The monoisotopic (exact) mass is 287 g/mol. The van der Waals surface area contributed by atoms with Crippen molar-refractivity contribution in [2.45, 2.75) is 18.1 Å². The van der Waals surface area contributed by atoms with Gasteiger partial charge >= 0.3 is 12.1 Å². The lowest BCUT2D eigenvalue weighted by Crippen LogP contribution is -2.47. The van der Waals surface area contributed by atoms with E-state index in [9.17, 15) is 26.3 Å². The van der Waals surface area contributed by atoms with Crippen molar-refractivity contribution in [2.75, 3.05) is 14.2 Å². The summed E-state index contributed by atoms with van der Waals surface area (Å²) in [7, 11) is 2.09. The zero-order valence-corrected chi connectivity index (χ0v) is 9.99. The van der Waals surface area contributed by atoms with Gasteiger partial charge in [0.1, 0.15) is 6.04 Å². The molecule has 1 rings (SSSR count). The van der Waals surface area contributed by atoms with Crippen LogP contribution in [0.2, 0.25) is 0 Å². The predicted molar refractivity (Wildman–Crippen MR) is 55.8 cm³/mol. The van der Waals surface area contributed by atoms with Crippen LogP contribution in [0.15, 0.2) is 18.2 Å². The van der Waals surface area contributed by atoms with E-state index in [4.69, 9.17) is 0 Å². The van der Waals surface area contributed by atoms with Gasteiger partial charge in [-0.2, -0.15) is 22.0 Å². The van der Waals surface area contributed by atoms with Gasteiger partial charge in [0.05, 0.1) is 7.11 Å². The third-order valence-corrected chi connectivity index (χ3v) is 2.54. The minimum absolute atomic E-state index is 0.242. The lowest BCUT2D eigenvalue weighted by atomic mass is 10.00. The Morgan fingerprint density at radius 3 is 2.11 bits per heavy atom. The van der Waals surface area contributed by atoms with Crippen LogP contribution >= 0.6 is 0 Å². The van der Waals surface area contributed by atoms with E-state index in [1.54, 1.807) is 0 Å². The Kier molecular flexibility index (Phi) is 4.34. The summed E-state index contributed by atoms with van der Waals surface area (Å²) in [5, 5.41) is 1.85. The van der Waals surface area contributed by atoms with E-state index in [1.165, 1.54) is 0 Å². The Bertz CT molecular complexity index is 445. The third-order valence-electron chi connectivity index (χ3n) is 2.54. The lowest BCUT2D eigenvalue weighted by Gasteiger charge is -2.28. The fourth-order valence-corrected chi connectivity index (χ4v) is 1.58. The molecule has 1 N–H and O–H groups in total. The molecule has 0 amide bonds. The fourth-order valence-electron chi connectivity index (χ4n) is 1.58. The van der Waals surface area contributed by atoms with E-state index in [0.717, 1.165) is 26.3 Å². The second-order valence-electron chi connectivity index (χ2n) is 3.74. The number of benzene rings is 1. The van der Waals surface area contributed by atoms with Crippen LogP contribution in [0.5, 0.6) is 5.75 Å². The maximum absolute atomic E-state index is 13.4. The third kappa shape index (κ3) is 2.94. The van der Waals surface area contributed by atoms with Crippen molar-refractivity contribution in [3.63, 3.8) is 0 Å². The summed E-state index contributed by atoms with van der Waals surface area (Å²) in [4.78, 5) is 0. The van der Waals surface area contributed by atoms with E-state index in [0.29, 0.717) is 6.07 Å². The van der Waals surface area contributed by atoms with E-state index in [1.807, 2.05) is 5.32 Å². The average molecular weight is 287 g/mol. The molecule has 0 saturated heterocycles. The highest BCUT2D eigenvalue weighted by molar-refractivity contribution is 5.32. The molecule has 0 aliphatic heterocycles. The molecule has 0 fully saturated rings. The topological polar surface area (TPSA) is 21.3 Å². The second kappa shape index (κ2) is 5.28. The van der Waals surface area contributed by atoms with Crippen LogP contribution in [0.3, 0.4) is 0 Å². The first-order valence-corrected chi connectivity index (χ1v) is 5.10. The summed E-state index contributed by atoms with van der Waals surface area (Å²) in [6, 6.07) is 0.136. The van der Waals surface area contributed by atoms with Gasteiger partial charge in [0.15, 0.2) is 11.6 Å². The molecule has 108 valence electrons. The van der Waals surface area contributed by atoms with Crippen molar-refractivity contribution in [1.82, 2.24) is 5.32 Å². The molecule has 0 aliphatic rings. The zero-order chi connectivity index (χ0) is 14.8. The molecule has 1 atom stereocenters. The number of methoxy groups -OCH3 is 1. The SMILES string of the molecule is CNC(c1ccc(OC)c(F)c1)C(F)(F)C(F)(F)F. The van der Waals surface area contributed by atoms with Gasteiger partial charge in [-0.1, -0.05) is 6.07 Å². The van der Waals surface area contributed by atoms with E-state index in [2.05, 4.69) is 4.74 Å². The molecule has 1 unspecified atom stereocenters. The van der Waals surface area contributed by atoms with Crippen molar-refractivity contribution in [1.29, 1.82) is 0 Å². The summed E-state index contributed by atoms with van der Waals surface area (Å²) >= 11 is 0. The summed E-state index contributed by atoms with van der Waals surface area (Å²) in [5.74, 6) is -6.28. The highest BCUT2D eigenvalue weighted by Gasteiger charge is 2.62. The van der Waals surface area contributed by atoms with Crippen LogP contribution in [0.25, 0.3) is 0 Å². The highest BCUT2D eigenvalue weighted by atomic mass is 19.4. The summed E-state index contributed by atoms with van der Waals surface area (Å²) < 4.78 is 81.3. The van der Waals surface area contributed by atoms with E-state index >= 15 is 0 Å². The van der Waals surface area contributed by atoms with Crippen molar-refractivity contribution in [3.05, 3.63) is 29.6 Å². The quantitative estimate of drug-likeness (QED) is 0.858. The largest absolute Gasteiger partial charge is 0.494 e. The van der Waals surface area contributed by atoms with E-state index < -0.39 is 29.5 Å².